The van der Waals surface area contributed by atoms with Crippen LogP contribution in [0.25, 0.3) is 0 Å². The molecule has 1 saturated heterocycles. The second-order valence-corrected chi connectivity index (χ2v) is 11.8. The van der Waals surface area contributed by atoms with Crippen molar-refractivity contribution in [2.45, 2.75) is 71.2 Å². The number of benzene rings is 2. The van der Waals surface area contributed by atoms with E-state index in [0.717, 1.165) is 37.1 Å². The van der Waals surface area contributed by atoms with Gasteiger partial charge < -0.3 is 24.7 Å². The number of ether oxygens (including phenoxy) is 4. The maximum atomic E-state index is 13.8. The van der Waals surface area contributed by atoms with E-state index in [0.29, 0.717) is 23.8 Å². The first kappa shape index (κ1) is 29.9. The molecular weight excluding hydrogens is 508 g/mol. The van der Waals surface area contributed by atoms with Gasteiger partial charge in [-0.1, -0.05) is 58.0 Å². The van der Waals surface area contributed by atoms with Crippen LogP contribution in [0, 0.1) is 17.8 Å². The first-order valence-corrected chi connectivity index (χ1v) is 14.3. The molecule has 0 aliphatic carbocycles. The minimum absolute atomic E-state index is 0.0388. The van der Waals surface area contributed by atoms with Gasteiger partial charge in [0.2, 0.25) is 5.54 Å². The summed E-state index contributed by atoms with van der Waals surface area (Å²) >= 11 is 0. The number of rotatable bonds is 10. The Balaban J connectivity index is 1.58. The summed E-state index contributed by atoms with van der Waals surface area (Å²) in [6.45, 7) is 9.60. The van der Waals surface area contributed by atoms with Gasteiger partial charge in [0.1, 0.15) is 12.7 Å². The summed E-state index contributed by atoms with van der Waals surface area (Å²) < 4.78 is 22.9. The van der Waals surface area contributed by atoms with Crippen LogP contribution in [0.2, 0.25) is 0 Å². The maximum absolute atomic E-state index is 13.8. The summed E-state index contributed by atoms with van der Waals surface area (Å²) in [6.07, 6.45) is 2.03. The molecule has 2 aromatic rings. The maximum Gasteiger partial charge on any atom is 0.338 e. The van der Waals surface area contributed by atoms with Crippen molar-refractivity contribution in [3.63, 3.8) is 0 Å². The van der Waals surface area contributed by atoms with Gasteiger partial charge in [-0.25, -0.2) is 9.59 Å². The molecule has 0 saturated carbocycles. The lowest BCUT2D eigenvalue weighted by molar-refractivity contribution is -0.176. The number of piperidine rings is 1. The van der Waals surface area contributed by atoms with Crippen LogP contribution in [0.3, 0.4) is 0 Å². The summed E-state index contributed by atoms with van der Waals surface area (Å²) in [4.78, 5) is 29.5. The highest BCUT2D eigenvalue weighted by atomic mass is 16.6. The van der Waals surface area contributed by atoms with Crippen LogP contribution < -0.4 is 15.2 Å². The molecule has 2 aliphatic heterocycles. The van der Waals surface area contributed by atoms with Crippen molar-refractivity contribution in [3.8, 4) is 11.5 Å². The molecular formula is C32H44N2O6. The summed E-state index contributed by atoms with van der Waals surface area (Å²) in [5.41, 5.74) is 7.84. The summed E-state index contributed by atoms with van der Waals surface area (Å²) in [7, 11) is 3.28. The van der Waals surface area contributed by atoms with E-state index in [9.17, 15) is 9.59 Å². The van der Waals surface area contributed by atoms with E-state index < -0.39 is 29.5 Å². The summed E-state index contributed by atoms with van der Waals surface area (Å²) in [5.74, 6) is -0.0662. The van der Waals surface area contributed by atoms with Crippen molar-refractivity contribution in [2.75, 3.05) is 27.3 Å². The average Bonchev–Trinajstić information content (AvgIpc) is 2.94. The van der Waals surface area contributed by atoms with Gasteiger partial charge in [-0.2, -0.15) is 0 Å². The molecule has 4 rings (SSSR count). The molecule has 0 spiro atoms. The normalized spacial score (nSPS) is 22.2. The molecule has 0 bridgehead atoms. The average molecular weight is 553 g/mol. The van der Waals surface area contributed by atoms with Gasteiger partial charge in [0, 0.05) is 31.5 Å². The van der Waals surface area contributed by atoms with E-state index in [2.05, 4.69) is 30.9 Å². The molecule has 0 radical (unpaired) electrons. The minimum Gasteiger partial charge on any atom is -0.493 e. The molecule has 40 heavy (non-hydrogen) atoms. The Hall–Kier alpha value is -3.10. The number of nitrogens with zero attached hydrogens (tertiary/aromatic N) is 1. The van der Waals surface area contributed by atoms with Crippen LogP contribution in [0.4, 0.5) is 0 Å². The van der Waals surface area contributed by atoms with Gasteiger partial charge in [0.05, 0.1) is 14.2 Å². The van der Waals surface area contributed by atoms with Crippen LogP contribution in [0.15, 0.2) is 42.5 Å². The van der Waals surface area contributed by atoms with Gasteiger partial charge in [-0.05, 0) is 53.5 Å². The quantitative estimate of drug-likeness (QED) is 0.335. The van der Waals surface area contributed by atoms with Crippen molar-refractivity contribution < 1.29 is 28.5 Å². The SMILES string of the molecule is COc1cc2c(cc1OC)[C@H]1C[C@@H](OC(=O)[C@@](N)(C(=O)OCc3ccccc3)C(C)C)[C@H](CC(C)C)CN1CC2. The molecule has 0 aromatic heterocycles. The number of hydrogen-bond donors (Lipinski definition) is 1. The predicted molar refractivity (Wildman–Crippen MR) is 153 cm³/mol. The number of methoxy groups -OCH3 is 2. The number of carbonyl (C=O) groups is 2. The Morgan fingerprint density at radius 3 is 2.33 bits per heavy atom. The van der Waals surface area contributed by atoms with Crippen LogP contribution in [-0.2, 0) is 32.1 Å². The molecule has 2 heterocycles. The van der Waals surface area contributed by atoms with Crippen molar-refractivity contribution in [3.05, 3.63) is 59.2 Å². The molecule has 4 atom stereocenters. The minimum atomic E-state index is -1.91. The third kappa shape index (κ3) is 6.13. The molecule has 0 unspecified atom stereocenters. The molecule has 2 N–H and O–H groups in total. The molecule has 8 heteroatoms. The third-order valence-electron chi connectivity index (χ3n) is 8.40. The standard InChI is InChI=1S/C32H44N2O6/c1-20(2)14-24-18-34-13-12-23-15-28(37-5)29(38-6)16-25(23)26(34)17-27(24)40-31(36)32(33,21(3)4)30(35)39-19-22-10-8-7-9-11-22/h7-11,15-16,20-21,24,26-27H,12-14,17-19,33H2,1-6H3/t24-,26-,27-,32+/m1/s1. The molecule has 1 fully saturated rings. The van der Waals surface area contributed by atoms with Crippen molar-refractivity contribution in [2.24, 2.45) is 23.5 Å². The zero-order chi connectivity index (χ0) is 29.0. The second-order valence-electron chi connectivity index (χ2n) is 11.8. The highest BCUT2D eigenvalue weighted by Crippen LogP contribution is 2.44. The first-order valence-electron chi connectivity index (χ1n) is 14.3. The molecule has 2 aromatic carbocycles. The Kier molecular flexibility index (Phi) is 9.41. The Morgan fingerprint density at radius 1 is 1.02 bits per heavy atom. The largest absolute Gasteiger partial charge is 0.493 e. The lowest BCUT2D eigenvalue weighted by Crippen LogP contribution is -2.61. The van der Waals surface area contributed by atoms with E-state index in [1.165, 1.54) is 5.56 Å². The van der Waals surface area contributed by atoms with E-state index in [1.54, 1.807) is 28.1 Å². The fourth-order valence-electron chi connectivity index (χ4n) is 6.01. The zero-order valence-electron chi connectivity index (χ0n) is 24.6. The smallest absolute Gasteiger partial charge is 0.338 e. The van der Waals surface area contributed by atoms with Gasteiger partial charge in [-0.3, -0.25) is 4.90 Å². The predicted octanol–water partition coefficient (Wildman–Crippen LogP) is 4.68. The number of nitrogens with two attached hydrogens (primary N) is 1. The lowest BCUT2D eigenvalue weighted by atomic mass is 9.78. The van der Waals surface area contributed by atoms with Gasteiger partial charge in [0.15, 0.2) is 11.5 Å². The highest BCUT2D eigenvalue weighted by Gasteiger charge is 2.51. The van der Waals surface area contributed by atoms with E-state index in [-0.39, 0.29) is 18.6 Å². The number of carbonyl (C=O) groups excluding carboxylic acids is 2. The zero-order valence-corrected chi connectivity index (χ0v) is 24.6. The van der Waals surface area contributed by atoms with E-state index >= 15 is 0 Å². The lowest BCUT2D eigenvalue weighted by Gasteiger charge is -2.47. The van der Waals surface area contributed by atoms with Crippen molar-refractivity contribution >= 4 is 11.9 Å². The number of fused-ring (bicyclic) bond motifs is 3. The fourth-order valence-corrected chi connectivity index (χ4v) is 6.01. The van der Waals surface area contributed by atoms with Gasteiger partial charge in [-0.15, -0.1) is 0 Å². The van der Waals surface area contributed by atoms with E-state index in [4.69, 9.17) is 24.7 Å². The van der Waals surface area contributed by atoms with Crippen LogP contribution in [-0.4, -0.2) is 55.8 Å². The van der Waals surface area contributed by atoms with Crippen LogP contribution >= 0.6 is 0 Å². The van der Waals surface area contributed by atoms with Crippen molar-refractivity contribution in [1.29, 1.82) is 0 Å². The van der Waals surface area contributed by atoms with Crippen molar-refractivity contribution in [1.82, 2.24) is 4.90 Å². The molecule has 8 nitrogen and oxygen atoms in total. The third-order valence-corrected chi connectivity index (χ3v) is 8.40. The molecule has 218 valence electrons. The summed E-state index contributed by atoms with van der Waals surface area (Å²) in [5, 5.41) is 0. The monoisotopic (exact) mass is 552 g/mol. The number of hydrogen-bond acceptors (Lipinski definition) is 8. The van der Waals surface area contributed by atoms with Gasteiger partial charge in [0.25, 0.3) is 0 Å². The van der Waals surface area contributed by atoms with Crippen LogP contribution in [0.5, 0.6) is 11.5 Å². The Bertz CT molecular complexity index is 1180. The summed E-state index contributed by atoms with van der Waals surface area (Å²) in [6, 6.07) is 13.5. The van der Waals surface area contributed by atoms with Gasteiger partial charge >= 0.3 is 11.9 Å². The number of esters is 2. The fraction of sp³-hybridized carbons (Fsp3) is 0.562. The Labute approximate surface area is 238 Å². The first-order chi connectivity index (χ1) is 19.1. The Morgan fingerprint density at radius 2 is 1.70 bits per heavy atom. The topological polar surface area (TPSA) is 100 Å². The molecule has 2 aliphatic rings. The van der Waals surface area contributed by atoms with E-state index in [1.807, 2.05) is 30.3 Å². The second kappa shape index (κ2) is 12.6. The van der Waals surface area contributed by atoms with Crippen LogP contribution in [0.1, 0.15) is 63.3 Å². The highest BCUT2D eigenvalue weighted by molar-refractivity contribution is 6.05. The molecule has 0 amide bonds.